The van der Waals surface area contributed by atoms with Crippen LogP contribution in [-0.4, -0.2) is 18.4 Å². The van der Waals surface area contributed by atoms with Crippen LogP contribution in [0.1, 0.15) is 52.7 Å². The number of hydrogen-bond acceptors (Lipinski definition) is 1. The SMILES string of the molecule is CC(C)(C)c1ccc2c(c1)c1cc(C(C)(C)C)cc3c4nc5c(cc4n2c13)c1c2ccccc2cc2c3cc4ccccc4c(-c4ccc6c(c4)c4ccccc4n6-c4ccccc4)c3n5c21. The molecule has 0 saturated heterocycles. The Kier molecular flexibility index (Phi) is 6.94. The molecule has 0 saturated carbocycles. The average molecular weight is 859 g/mol. The summed E-state index contributed by atoms with van der Waals surface area (Å²) < 4.78 is 7.48. The summed E-state index contributed by atoms with van der Waals surface area (Å²) in [5, 5.41) is 16.2. The molecule has 0 unspecified atom stereocenters. The van der Waals surface area contributed by atoms with Crippen LogP contribution in [0.2, 0.25) is 0 Å². The Morgan fingerprint density at radius 3 is 1.75 bits per heavy atom. The van der Waals surface area contributed by atoms with Crippen LogP contribution in [0.5, 0.6) is 0 Å². The van der Waals surface area contributed by atoms with E-state index < -0.39 is 0 Å². The van der Waals surface area contributed by atoms with Crippen molar-refractivity contribution in [2.45, 2.75) is 52.4 Å². The molecule has 67 heavy (non-hydrogen) atoms. The largest absolute Gasteiger partial charge is 0.309 e. The second-order valence-electron chi connectivity index (χ2n) is 21.2. The van der Waals surface area contributed by atoms with Crippen LogP contribution in [0.15, 0.2) is 170 Å². The van der Waals surface area contributed by atoms with Gasteiger partial charge >= 0.3 is 0 Å². The number of aromatic nitrogens is 4. The summed E-state index contributed by atoms with van der Waals surface area (Å²) in [6.45, 7) is 13.9. The Labute approximate surface area is 386 Å². The first kappa shape index (κ1) is 37.3. The molecule has 0 spiro atoms. The lowest BCUT2D eigenvalue weighted by Gasteiger charge is -2.20. The Morgan fingerprint density at radius 1 is 0.373 bits per heavy atom. The molecule has 0 aliphatic heterocycles. The molecule has 0 aliphatic rings. The van der Waals surface area contributed by atoms with Gasteiger partial charge in [0.15, 0.2) is 0 Å². The van der Waals surface area contributed by atoms with Crippen molar-refractivity contribution in [1.29, 1.82) is 0 Å². The van der Waals surface area contributed by atoms with Gasteiger partial charge in [0.2, 0.25) is 0 Å². The van der Waals surface area contributed by atoms with E-state index in [1.54, 1.807) is 0 Å². The van der Waals surface area contributed by atoms with Gasteiger partial charge in [-0.3, -0.25) is 4.40 Å². The molecule has 6 aromatic heterocycles. The van der Waals surface area contributed by atoms with Crippen molar-refractivity contribution in [3.63, 3.8) is 0 Å². The lowest BCUT2D eigenvalue weighted by Crippen LogP contribution is -2.11. The first-order valence-corrected chi connectivity index (χ1v) is 23.7. The number of pyridine rings is 1. The van der Waals surface area contributed by atoms with Crippen LogP contribution in [-0.2, 0) is 10.8 Å². The van der Waals surface area contributed by atoms with E-state index in [0.717, 1.165) is 22.4 Å². The number of nitrogens with zero attached hydrogens (tertiary/aromatic N) is 4. The molecule has 4 heteroatoms. The van der Waals surface area contributed by atoms with E-state index >= 15 is 0 Å². The molecule has 6 heterocycles. The third-order valence-corrected chi connectivity index (χ3v) is 15.3. The van der Waals surface area contributed by atoms with E-state index in [4.69, 9.17) is 4.98 Å². The van der Waals surface area contributed by atoms with E-state index in [0.29, 0.717) is 0 Å². The highest BCUT2D eigenvalue weighted by Gasteiger charge is 2.29. The van der Waals surface area contributed by atoms with Crippen LogP contribution in [0, 0.1) is 0 Å². The van der Waals surface area contributed by atoms with Gasteiger partial charge in [-0.15, -0.1) is 0 Å². The number of fused-ring (bicyclic) bond motifs is 18. The van der Waals surface area contributed by atoms with Gasteiger partial charge in [0.1, 0.15) is 5.65 Å². The zero-order valence-corrected chi connectivity index (χ0v) is 38.5. The second-order valence-corrected chi connectivity index (χ2v) is 21.2. The zero-order chi connectivity index (χ0) is 44.8. The predicted octanol–water partition coefficient (Wildman–Crippen LogP) is 17.0. The molecule has 9 aromatic carbocycles. The molecule has 15 rings (SSSR count). The molecule has 0 amide bonds. The third-order valence-electron chi connectivity index (χ3n) is 15.3. The Morgan fingerprint density at radius 2 is 0.970 bits per heavy atom. The highest BCUT2D eigenvalue weighted by atomic mass is 15.0. The Bertz CT molecular complexity index is 4620. The molecule has 0 N–H and O–H groups in total. The summed E-state index contributed by atoms with van der Waals surface area (Å²) >= 11 is 0. The van der Waals surface area contributed by atoms with Crippen molar-refractivity contribution >= 4 is 120 Å². The van der Waals surface area contributed by atoms with E-state index in [2.05, 4.69) is 225 Å². The van der Waals surface area contributed by atoms with Crippen LogP contribution in [0.3, 0.4) is 0 Å². The summed E-state index contributed by atoms with van der Waals surface area (Å²) in [6, 6.07) is 64.1. The summed E-state index contributed by atoms with van der Waals surface area (Å²) in [5.74, 6) is 0. The van der Waals surface area contributed by atoms with Crippen molar-refractivity contribution in [1.82, 2.24) is 18.4 Å². The summed E-state index contributed by atoms with van der Waals surface area (Å²) in [6.07, 6.45) is 0. The van der Waals surface area contributed by atoms with Crippen LogP contribution in [0.4, 0.5) is 0 Å². The summed E-state index contributed by atoms with van der Waals surface area (Å²) in [5.41, 5.74) is 16.8. The lowest BCUT2D eigenvalue weighted by atomic mass is 9.84. The Hall–Kier alpha value is -7.95. The first-order chi connectivity index (χ1) is 32.5. The van der Waals surface area contributed by atoms with Gasteiger partial charge in [-0.2, -0.15) is 0 Å². The molecule has 0 atom stereocenters. The van der Waals surface area contributed by atoms with Crippen LogP contribution in [0.25, 0.3) is 137 Å². The van der Waals surface area contributed by atoms with E-state index in [1.807, 2.05) is 0 Å². The fourth-order valence-corrected chi connectivity index (χ4v) is 12.1. The minimum absolute atomic E-state index is 0.0322. The number of rotatable bonds is 2. The predicted molar refractivity (Wildman–Crippen MR) is 286 cm³/mol. The fourth-order valence-electron chi connectivity index (χ4n) is 12.1. The standard InChI is InChI=1S/C63H46N4/c1-62(2,3)38-25-27-53-45(31-38)48-32-39(63(4,5)6)33-50-57-54(66(53)58(48)50)34-49-56-42-21-13-11-17-36(42)29-47-46-28-35-16-10-12-20-41(35)55(59(46)67(60(47)56)61(49)64-57)37-24-26-52-44(30-37)43-22-14-15-23-51(43)65(52)40-18-8-7-9-19-40/h7-34H,1-6H3. The molecule has 4 nitrogen and oxygen atoms in total. The van der Waals surface area contributed by atoms with Crippen molar-refractivity contribution < 1.29 is 0 Å². The Balaban J connectivity index is 1.14. The quantitative estimate of drug-likeness (QED) is 0.170. The molecule has 0 bridgehead atoms. The molecular formula is C63H46N4. The normalized spacial score (nSPS) is 13.2. The van der Waals surface area contributed by atoms with Gasteiger partial charge in [-0.1, -0.05) is 139 Å². The molecular weight excluding hydrogens is 813 g/mol. The van der Waals surface area contributed by atoms with Gasteiger partial charge in [0.05, 0.1) is 44.1 Å². The topological polar surface area (TPSA) is 26.6 Å². The third kappa shape index (κ3) is 4.79. The van der Waals surface area contributed by atoms with Gasteiger partial charge in [-0.25, -0.2) is 4.98 Å². The molecule has 15 aromatic rings. The van der Waals surface area contributed by atoms with Crippen LogP contribution >= 0.6 is 0 Å². The van der Waals surface area contributed by atoms with E-state index in [-0.39, 0.29) is 10.8 Å². The fraction of sp³-hybridized carbons (Fsp3) is 0.127. The minimum Gasteiger partial charge on any atom is -0.309 e. The highest BCUT2D eigenvalue weighted by Crippen LogP contribution is 2.50. The van der Waals surface area contributed by atoms with E-state index in [1.165, 1.54) is 125 Å². The maximum absolute atomic E-state index is 5.98. The maximum Gasteiger partial charge on any atom is 0.146 e. The summed E-state index contributed by atoms with van der Waals surface area (Å²) in [4.78, 5) is 5.98. The van der Waals surface area contributed by atoms with Gasteiger partial charge in [0, 0.05) is 59.7 Å². The highest BCUT2D eigenvalue weighted by molar-refractivity contribution is 6.35. The average Bonchev–Trinajstić information content (AvgIpc) is 4.12. The molecule has 318 valence electrons. The smallest absolute Gasteiger partial charge is 0.146 e. The number of para-hydroxylation sites is 2. The monoisotopic (exact) mass is 858 g/mol. The van der Waals surface area contributed by atoms with Gasteiger partial charge in [0.25, 0.3) is 0 Å². The minimum atomic E-state index is -0.0529. The number of benzene rings is 9. The van der Waals surface area contributed by atoms with Crippen molar-refractivity contribution in [3.8, 4) is 16.8 Å². The maximum atomic E-state index is 5.98. The number of hydrogen-bond donors (Lipinski definition) is 0. The van der Waals surface area contributed by atoms with Crippen molar-refractivity contribution in [3.05, 3.63) is 181 Å². The second kappa shape index (κ2) is 12.5. The lowest BCUT2D eigenvalue weighted by molar-refractivity contribution is 0.590. The van der Waals surface area contributed by atoms with Crippen molar-refractivity contribution in [2.75, 3.05) is 0 Å². The molecule has 0 aliphatic carbocycles. The summed E-state index contributed by atoms with van der Waals surface area (Å²) in [7, 11) is 0. The molecule has 0 fully saturated rings. The first-order valence-electron chi connectivity index (χ1n) is 23.7. The van der Waals surface area contributed by atoms with Crippen LogP contribution < -0.4 is 0 Å². The molecule has 0 radical (unpaired) electrons. The van der Waals surface area contributed by atoms with Gasteiger partial charge in [-0.05, 0) is 122 Å². The van der Waals surface area contributed by atoms with Gasteiger partial charge < -0.3 is 8.97 Å². The zero-order valence-electron chi connectivity index (χ0n) is 38.5. The van der Waals surface area contributed by atoms with E-state index in [9.17, 15) is 0 Å². The van der Waals surface area contributed by atoms with Crippen molar-refractivity contribution in [2.24, 2.45) is 0 Å².